The number of methoxy groups -OCH3 is 2. The lowest BCUT2D eigenvalue weighted by Gasteiger charge is -2.23. The molecule has 1 aliphatic heterocycles. The van der Waals surface area contributed by atoms with E-state index in [2.05, 4.69) is 5.10 Å². The van der Waals surface area contributed by atoms with Gasteiger partial charge in [0, 0.05) is 12.0 Å². The smallest absolute Gasteiger partial charge is 0.279 e. The molecule has 0 amide bonds. The van der Waals surface area contributed by atoms with Gasteiger partial charge < -0.3 is 9.47 Å². The van der Waals surface area contributed by atoms with Gasteiger partial charge in [-0.2, -0.15) is 17.9 Å². The third kappa shape index (κ3) is 3.64. The molecule has 1 aliphatic rings. The average molecular weight is 423 g/mol. The molecule has 1 heterocycles. The summed E-state index contributed by atoms with van der Waals surface area (Å²) in [4.78, 5) is 0.211. The summed E-state index contributed by atoms with van der Waals surface area (Å²) in [5, 5.41) is 4.56. The van der Waals surface area contributed by atoms with Gasteiger partial charge in [-0.15, -0.1) is 0 Å². The van der Waals surface area contributed by atoms with Crippen molar-refractivity contribution in [3.05, 3.63) is 90.0 Å². The Morgan fingerprint density at radius 1 is 0.867 bits per heavy atom. The van der Waals surface area contributed by atoms with E-state index >= 15 is 0 Å². The normalized spacial score (nSPS) is 16.3. The number of hydrogen-bond acceptors (Lipinski definition) is 5. The molecule has 0 aliphatic carbocycles. The van der Waals surface area contributed by atoms with Crippen molar-refractivity contribution in [2.24, 2.45) is 5.10 Å². The Morgan fingerprint density at radius 3 is 2.13 bits per heavy atom. The zero-order chi connectivity index (χ0) is 21.1. The van der Waals surface area contributed by atoms with Crippen LogP contribution in [0.3, 0.4) is 0 Å². The first-order valence-corrected chi connectivity index (χ1v) is 10.9. The maximum Gasteiger partial charge on any atom is 0.279 e. The second-order valence-corrected chi connectivity index (χ2v) is 8.63. The zero-order valence-electron chi connectivity index (χ0n) is 16.7. The quantitative estimate of drug-likeness (QED) is 0.596. The molecule has 6 nitrogen and oxygen atoms in total. The van der Waals surface area contributed by atoms with Gasteiger partial charge in [0.05, 0.1) is 30.9 Å². The molecule has 1 unspecified atom stereocenters. The van der Waals surface area contributed by atoms with Gasteiger partial charge in [-0.1, -0.05) is 48.5 Å². The first kappa shape index (κ1) is 20.0. The monoisotopic (exact) mass is 422 g/mol. The zero-order valence-corrected chi connectivity index (χ0v) is 17.5. The van der Waals surface area contributed by atoms with Crippen molar-refractivity contribution in [3.8, 4) is 11.5 Å². The molecule has 30 heavy (non-hydrogen) atoms. The van der Waals surface area contributed by atoms with Crippen molar-refractivity contribution in [2.75, 3.05) is 14.2 Å². The lowest BCUT2D eigenvalue weighted by atomic mass is 9.99. The molecule has 154 valence electrons. The number of hydrogen-bond donors (Lipinski definition) is 0. The first-order chi connectivity index (χ1) is 14.5. The summed E-state index contributed by atoms with van der Waals surface area (Å²) in [6.07, 6.45) is 0.450. The number of rotatable bonds is 6. The fraction of sp³-hybridized carbons (Fsp3) is 0.174. The van der Waals surface area contributed by atoms with Crippen molar-refractivity contribution >= 4 is 15.7 Å². The molecule has 0 radical (unpaired) electrons. The number of hydrazone groups is 1. The maximum atomic E-state index is 13.4. The van der Waals surface area contributed by atoms with E-state index in [0.29, 0.717) is 23.6 Å². The fourth-order valence-electron chi connectivity index (χ4n) is 3.52. The lowest BCUT2D eigenvalue weighted by molar-refractivity contribution is 0.355. The Hall–Kier alpha value is -3.32. The Kier molecular flexibility index (Phi) is 5.46. The van der Waals surface area contributed by atoms with Crippen molar-refractivity contribution in [1.29, 1.82) is 0 Å². The Balaban J connectivity index is 1.80. The van der Waals surface area contributed by atoms with E-state index < -0.39 is 16.1 Å². The highest BCUT2D eigenvalue weighted by atomic mass is 32.2. The van der Waals surface area contributed by atoms with Crippen molar-refractivity contribution in [1.82, 2.24) is 4.41 Å². The summed E-state index contributed by atoms with van der Waals surface area (Å²) in [6, 6.07) is 23.0. The molecule has 0 spiro atoms. The fourth-order valence-corrected chi connectivity index (χ4v) is 4.98. The molecule has 3 aromatic rings. The van der Waals surface area contributed by atoms with Gasteiger partial charge in [-0.25, -0.2) is 0 Å². The minimum absolute atomic E-state index is 0.211. The molecule has 0 fully saturated rings. The van der Waals surface area contributed by atoms with Gasteiger partial charge in [-0.05, 0) is 35.9 Å². The summed E-state index contributed by atoms with van der Waals surface area (Å²) in [5.41, 5.74) is 2.35. The van der Waals surface area contributed by atoms with Crippen LogP contribution in [0.1, 0.15) is 23.6 Å². The minimum Gasteiger partial charge on any atom is -0.493 e. The van der Waals surface area contributed by atoms with Gasteiger partial charge >= 0.3 is 0 Å². The van der Waals surface area contributed by atoms with Crippen LogP contribution >= 0.6 is 0 Å². The van der Waals surface area contributed by atoms with Crippen LogP contribution in [0.15, 0.2) is 88.9 Å². The van der Waals surface area contributed by atoms with Crippen LogP contribution in [-0.4, -0.2) is 32.8 Å². The van der Waals surface area contributed by atoms with Crippen LogP contribution in [0.2, 0.25) is 0 Å². The molecule has 7 heteroatoms. The van der Waals surface area contributed by atoms with Crippen LogP contribution in [-0.2, 0) is 10.0 Å². The number of nitrogens with zero attached hydrogens (tertiary/aromatic N) is 2. The van der Waals surface area contributed by atoms with E-state index in [1.807, 2.05) is 42.5 Å². The van der Waals surface area contributed by atoms with Gasteiger partial charge in [0.25, 0.3) is 10.0 Å². The predicted octanol–water partition coefficient (Wildman–Crippen LogP) is 4.24. The van der Waals surface area contributed by atoms with Crippen LogP contribution in [0.4, 0.5) is 0 Å². The standard InChI is InChI=1S/C23H22N2O4S/c1-28-22-14-13-18(15-23(22)29-2)20-16-21(17-9-5-3-6-10-17)25(24-20)30(26,27)19-11-7-4-8-12-19/h3-15,21H,16H2,1-2H3. The maximum absolute atomic E-state index is 13.4. The van der Waals surface area contributed by atoms with Crippen molar-refractivity contribution < 1.29 is 17.9 Å². The number of sulfonamides is 1. The first-order valence-electron chi connectivity index (χ1n) is 9.49. The van der Waals surface area contributed by atoms with Gasteiger partial charge in [0.1, 0.15) is 0 Å². The number of ether oxygens (including phenoxy) is 2. The van der Waals surface area contributed by atoms with E-state index in [9.17, 15) is 8.42 Å². The average Bonchev–Trinajstić information content (AvgIpc) is 3.26. The highest BCUT2D eigenvalue weighted by Crippen LogP contribution is 2.38. The molecular weight excluding hydrogens is 400 g/mol. The molecule has 1 atom stereocenters. The van der Waals surface area contributed by atoms with E-state index in [0.717, 1.165) is 11.1 Å². The van der Waals surface area contributed by atoms with Crippen molar-refractivity contribution in [3.63, 3.8) is 0 Å². The molecule has 0 bridgehead atoms. The van der Waals surface area contributed by atoms with Gasteiger partial charge in [0.15, 0.2) is 11.5 Å². The number of benzene rings is 3. The summed E-state index contributed by atoms with van der Waals surface area (Å²) in [5.74, 6) is 1.17. The van der Waals surface area contributed by atoms with Crippen molar-refractivity contribution in [2.45, 2.75) is 17.4 Å². The van der Waals surface area contributed by atoms with Crippen LogP contribution in [0.5, 0.6) is 11.5 Å². The van der Waals surface area contributed by atoms with E-state index in [4.69, 9.17) is 9.47 Å². The topological polar surface area (TPSA) is 68.2 Å². The molecule has 3 aromatic carbocycles. The van der Waals surface area contributed by atoms with Gasteiger partial charge in [0.2, 0.25) is 0 Å². The Labute approximate surface area is 176 Å². The molecule has 4 rings (SSSR count). The predicted molar refractivity (Wildman–Crippen MR) is 115 cm³/mol. The Bertz CT molecular complexity index is 1160. The molecule has 0 N–H and O–H groups in total. The SMILES string of the molecule is COc1ccc(C2=NN(S(=O)(=O)c3ccccc3)C(c3ccccc3)C2)cc1OC. The second-order valence-electron chi connectivity index (χ2n) is 6.84. The molecule has 0 saturated heterocycles. The third-order valence-corrected chi connectivity index (χ3v) is 6.76. The summed E-state index contributed by atoms with van der Waals surface area (Å²) >= 11 is 0. The summed E-state index contributed by atoms with van der Waals surface area (Å²) < 4.78 is 38.7. The third-order valence-electron chi connectivity index (χ3n) is 5.06. The summed E-state index contributed by atoms with van der Waals surface area (Å²) in [6.45, 7) is 0. The highest BCUT2D eigenvalue weighted by Gasteiger charge is 2.37. The van der Waals surface area contributed by atoms with Crippen LogP contribution in [0.25, 0.3) is 0 Å². The second kappa shape index (κ2) is 8.20. The summed E-state index contributed by atoms with van der Waals surface area (Å²) in [7, 11) is -0.675. The minimum atomic E-state index is -3.82. The van der Waals surface area contributed by atoms with E-state index in [1.165, 1.54) is 4.41 Å². The molecule has 0 aromatic heterocycles. The van der Waals surface area contributed by atoms with E-state index in [1.54, 1.807) is 50.6 Å². The van der Waals surface area contributed by atoms with E-state index in [-0.39, 0.29) is 4.90 Å². The highest BCUT2D eigenvalue weighted by molar-refractivity contribution is 7.89. The molecular formula is C23H22N2O4S. The van der Waals surface area contributed by atoms with Gasteiger partial charge in [-0.3, -0.25) is 0 Å². The molecule has 0 saturated carbocycles. The Morgan fingerprint density at radius 2 is 1.50 bits per heavy atom. The van der Waals surface area contributed by atoms with Crippen LogP contribution < -0.4 is 9.47 Å². The van der Waals surface area contributed by atoms with Crippen LogP contribution in [0, 0.1) is 0 Å². The largest absolute Gasteiger partial charge is 0.493 e. The lowest BCUT2D eigenvalue weighted by Crippen LogP contribution is -2.27.